The van der Waals surface area contributed by atoms with Crippen LogP contribution in [0.1, 0.15) is 44.6 Å². The Morgan fingerprint density at radius 2 is 1.92 bits per heavy atom. The van der Waals surface area contributed by atoms with Gasteiger partial charge in [0.25, 0.3) is 0 Å². The van der Waals surface area contributed by atoms with E-state index in [-0.39, 0.29) is 22.7 Å². The van der Waals surface area contributed by atoms with Crippen molar-refractivity contribution in [3.05, 3.63) is 35.9 Å². The Morgan fingerprint density at radius 1 is 1.23 bits per heavy atom. The van der Waals surface area contributed by atoms with Gasteiger partial charge in [0.1, 0.15) is 6.04 Å². The second kappa shape index (κ2) is 10.6. The van der Waals surface area contributed by atoms with Gasteiger partial charge in [0, 0.05) is 24.1 Å². The van der Waals surface area contributed by atoms with E-state index < -0.39 is 0 Å². The summed E-state index contributed by atoms with van der Waals surface area (Å²) in [6, 6.07) is 9.64. The second-order valence-electron chi connectivity index (χ2n) is 6.88. The van der Waals surface area contributed by atoms with E-state index in [9.17, 15) is 9.59 Å². The van der Waals surface area contributed by atoms with Gasteiger partial charge in [-0.1, -0.05) is 43.2 Å². The molecule has 1 aliphatic carbocycles. The Kier molecular flexibility index (Phi) is 8.45. The molecule has 0 unspecified atom stereocenters. The van der Waals surface area contributed by atoms with Crippen LogP contribution in [0.2, 0.25) is 0 Å². The highest BCUT2D eigenvalue weighted by molar-refractivity contribution is 8.00. The van der Waals surface area contributed by atoms with Crippen LogP contribution in [0, 0.1) is 0 Å². The van der Waals surface area contributed by atoms with Crippen molar-refractivity contribution in [2.45, 2.75) is 56.2 Å². The Hall–Kier alpha value is -1.53. The minimum atomic E-state index is -0.344. The second-order valence-corrected chi connectivity index (χ2v) is 8.32. The number of hydrogen-bond donors (Lipinski definition) is 2. The summed E-state index contributed by atoms with van der Waals surface area (Å²) in [5.74, 6) is 0.496. The van der Waals surface area contributed by atoms with Crippen LogP contribution in [0.25, 0.3) is 0 Å². The molecule has 1 atom stereocenters. The van der Waals surface area contributed by atoms with Crippen molar-refractivity contribution in [2.75, 3.05) is 19.5 Å². The summed E-state index contributed by atoms with van der Waals surface area (Å²) in [4.78, 5) is 23.3. The Morgan fingerprint density at radius 3 is 2.54 bits per heavy atom. The highest BCUT2D eigenvalue weighted by atomic mass is 32.2. The zero-order valence-electron chi connectivity index (χ0n) is 15.8. The van der Waals surface area contributed by atoms with Crippen LogP contribution in [-0.4, -0.2) is 42.2 Å². The number of nitrogens with one attached hydrogen (secondary N) is 2. The van der Waals surface area contributed by atoms with E-state index in [2.05, 4.69) is 10.6 Å². The fraction of sp³-hybridized carbons (Fsp3) is 0.600. The van der Waals surface area contributed by atoms with Crippen molar-refractivity contribution in [3.8, 4) is 0 Å². The highest BCUT2D eigenvalue weighted by Gasteiger charge is 2.34. The van der Waals surface area contributed by atoms with Crippen LogP contribution < -0.4 is 10.6 Å². The fourth-order valence-corrected chi connectivity index (χ4v) is 4.89. The molecular formula is C20H30N2O3S. The molecular weight excluding hydrogens is 348 g/mol. The van der Waals surface area contributed by atoms with Gasteiger partial charge in [-0.3, -0.25) is 14.9 Å². The normalized spacial score (nSPS) is 16.8. The highest BCUT2D eigenvalue weighted by Crippen LogP contribution is 2.43. The summed E-state index contributed by atoms with van der Waals surface area (Å²) < 4.78 is 5.16. The maximum Gasteiger partial charge on any atom is 0.323 e. The molecule has 1 aromatic carbocycles. The Bertz CT molecular complexity index is 574. The van der Waals surface area contributed by atoms with E-state index in [4.69, 9.17) is 4.74 Å². The molecule has 1 saturated carbocycles. The number of thioether (sulfide) groups is 1. The number of rotatable bonds is 10. The first-order chi connectivity index (χ1) is 12.5. The molecule has 144 valence electrons. The van der Waals surface area contributed by atoms with Gasteiger partial charge in [0.2, 0.25) is 5.91 Å². The zero-order chi connectivity index (χ0) is 18.8. The number of amides is 1. The van der Waals surface area contributed by atoms with Gasteiger partial charge in [-0.2, -0.15) is 0 Å². The van der Waals surface area contributed by atoms with E-state index in [0.717, 1.165) is 12.0 Å². The average molecular weight is 379 g/mol. The van der Waals surface area contributed by atoms with E-state index in [1.807, 2.05) is 42.1 Å². The van der Waals surface area contributed by atoms with Gasteiger partial charge in [-0.05, 0) is 31.2 Å². The molecule has 2 rings (SSSR count). The lowest BCUT2D eigenvalue weighted by molar-refractivity contribution is -0.143. The lowest BCUT2D eigenvalue weighted by Gasteiger charge is -2.29. The molecule has 26 heavy (non-hydrogen) atoms. The minimum Gasteiger partial charge on any atom is -0.468 e. The van der Waals surface area contributed by atoms with Crippen LogP contribution in [0.4, 0.5) is 0 Å². The molecule has 0 bridgehead atoms. The van der Waals surface area contributed by atoms with Crippen LogP contribution in [-0.2, 0) is 20.7 Å². The number of benzene rings is 1. The summed E-state index contributed by atoms with van der Waals surface area (Å²) >= 11 is 1.88. The SMILES string of the molecule is COC(=O)[C@H](Cc1ccccc1)NCSC1(CCNC(C)=O)CCCC1. The first-order valence-electron chi connectivity index (χ1n) is 9.28. The van der Waals surface area contributed by atoms with Crippen molar-refractivity contribution in [3.63, 3.8) is 0 Å². The molecule has 0 aliphatic heterocycles. The van der Waals surface area contributed by atoms with Crippen molar-refractivity contribution in [1.29, 1.82) is 0 Å². The molecule has 0 heterocycles. The standard InChI is InChI=1S/C20H30N2O3S/c1-16(23)21-13-12-20(10-6-7-11-20)26-15-22-18(19(24)25-2)14-17-8-4-3-5-9-17/h3-5,8-9,18,22H,6-7,10-15H2,1-2H3,(H,21,23)/t18-/m0/s1. The predicted molar refractivity (Wildman–Crippen MR) is 106 cm³/mol. The van der Waals surface area contributed by atoms with E-state index in [1.54, 1.807) is 6.92 Å². The van der Waals surface area contributed by atoms with Gasteiger partial charge in [0.05, 0.1) is 7.11 Å². The lowest BCUT2D eigenvalue weighted by Crippen LogP contribution is -2.40. The number of ether oxygens (including phenoxy) is 1. The molecule has 0 aromatic heterocycles. The third-order valence-electron chi connectivity index (χ3n) is 4.95. The molecule has 1 aliphatic rings. The van der Waals surface area contributed by atoms with Crippen LogP contribution in [0.5, 0.6) is 0 Å². The molecule has 0 spiro atoms. The predicted octanol–water partition coefficient (Wildman–Crippen LogP) is 2.89. The fourth-order valence-electron chi connectivity index (χ4n) is 3.48. The van der Waals surface area contributed by atoms with Gasteiger partial charge in [0.15, 0.2) is 0 Å². The van der Waals surface area contributed by atoms with Gasteiger partial charge in [-0.25, -0.2) is 0 Å². The maximum absolute atomic E-state index is 12.1. The number of carbonyl (C=O) groups is 2. The Labute approximate surface area is 160 Å². The van der Waals surface area contributed by atoms with Crippen LogP contribution >= 0.6 is 11.8 Å². The quantitative estimate of drug-likeness (QED) is 0.484. The topological polar surface area (TPSA) is 67.4 Å². The number of esters is 1. The van der Waals surface area contributed by atoms with E-state index >= 15 is 0 Å². The monoisotopic (exact) mass is 378 g/mol. The van der Waals surface area contributed by atoms with Crippen molar-refractivity contribution in [1.82, 2.24) is 10.6 Å². The molecule has 1 aromatic rings. The van der Waals surface area contributed by atoms with Crippen LogP contribution in [0.15, 0.2) is 30.3 Å². The minimum absolute atomic E-state index is 0.0230. The summed E-state index contributed by atoms with van der Waals surface area (Å²) in [5, 5.41) is 6.28. The maximum atomic E-state index is 12.1. The van der Waals surface area contributed by atoms with Gasteiger partial charge >= 0.3 is 5.97 Å². The number of methoxy groups -OCH3 is 1. The van der Waals surface area contributed by atoms with Crippen molar-refractivity contribution < 1.29 is 14.3 Å². The number of hydrogen-bond acceptors (Lipinski definition) is 5. The first-order valence-corrected chi connectivity index (χ1v) is 10.3. The smallest absolute Gasteiger partial charge is 0.323 e. The summed E-state index contributed by atoms with van der Waals surface area (Å²) in [6.07, 6.45) is 6.39. The van der Waals surface area contributed by atoms with Gasteiger partial charge in [-0.15, -0.1) is 11.8 Å². The summed E-state index contributed by atoms with van der Waals surface area (Å²) in [5.41, 5.74) is 1.11. The Balaban J connectivity index is 1.87. The largest absolute Gasteiger partial charge is 0.468 e. The van der Waals surface area contributed by atoms with E-state index in [0.29, 0.717) is 18.8 Å². The van der Waals surface area contributed by atoms with E-state index in [1.165, 1.54) is 32.8 Å². The summed E-state index contributed by atoms with van der Waals surface area (Å²) in [7, 11) is 1.43. The third-order valence-corrected chi connectivity index (χ3v) is 6.48. The van der Waals surface area contributed by atoms with Crippen molar-refractivity contribution >= 4 is 23.6 Å². The lowest BCUT2D eigenvalue weighted by atomic mass is 10.0. The van der Waals surface area contributed by atoms with Gasteiger partial charge < -0.3 is 10.1 Å². The van der Waals surface area contributed by atoms with Crippen LogP contribution in [0.3, 0.4) is 0 Å². The zero-order valence-corrected chi connectivity index (χ0v) is 16.6. The average Bonchev–Trinajstić information content (AvgIpc) is 3.09. The molecule has 1 fully saturated rings. The van der Waals surface area contributed by atoms with Crippen molar-refractivity contribution in [2.24, 2.45) is 0 Å². The summed E-state index contributed by atoms with van der Waals surface area (Å²) in [6.45, 7) is 2.27. The third kappa shape index (κ3) is 6.65. The molecule has 1 amide bonds. The molecule has 2 N–H and O–H groups in total. The molecule has 0 radical (unpaired) electrons. The first kappa shape index (κ1) is 20.8. The molecule has 0 saturated heterocycles. The number of carbonyl (C=O) groups excluding carboxylic acids is 2. The molecule has 5 nitrogen and oxygen atoms in total. The molecule has 6 heteroatoms.